The molecule has 0 saturated heterocycles. The van der Waals surface area contributed by atoms with E-state index in [4.69, 9.17) is 0 Å². The van der Waals surface area contributed by atoms with Gasteiger partial charge in [-0.25, -0.2) is 0 Å². The molecule has 0 spiro atoms. The Balaban J connectivity index is 2.26. The van der Waals surface area contributed by atoms with Gasteiger partial charge in [-0.05, 0) is 30.7 Å². The van der Waals surface area contributed by atoms with Crippen molar-refractivity contribution in [3.63, 3.8) is 0 Å². The molecular formula is C13H14N2. The van der Waals surface area contributed by atoms with Gasteiger partial charge in [-0.15, -0.1) is 0 Å². The molecule has 2 nitrogen and oxygen atoms in total. The zero-order valence-corrected chi connectivity index (χ0v) is 8.77. The number of nitrogens with zero attached hydrogens (tertiary/aromatic N) is 1. The Kier molecular flexibility index (Phi) is 1.89. The van der Waals surface area contributed by atoms with E-state index >= 15 is 0 Å². The standard InChI is InChI=1S/C13H14N2/c1-10-12-7-4-8-15(12)13-6-3-2-5-11(13)9-14-10/h2-8,10,14H,9H2,1H3/t10-/m1/s1. The van der Waals surface area contributed by atoms with Crippen LogP contribution in [0.15, 0.2) is 42.6 Å². The van der Waals surface area contributed by atoms with Crippen molar-refractivity contribution in [3.8, 4) is 5.69 Å². The molecule has 0 fully saturated rings. The van der Waals surface area contributed by atoms with Crippen molar-refractivity contribution in [2.45, 2.75) is 19.5 Å². The summed E-state index contributed by atoms with van der Waals surface area (Å²) in [6.07, 6.45) is 2.14. The van der Waals surface area contributed by atoms with Crippen molar-refractivity contribution in [2.24, 2.45) is 0 Å². The maximum absolute atomic E-state index is 3.52. The largest absolute Gasteiger partial charge is 0.319 e. The highest BCUT2D eigenvalue weighted by Crippen LogP contribution is 2.25. The van der Waals surface area contributed by atoms with Crippen molar-refractivity contribution >= 4 is 0 Å². The third kappa shape index (κ3) is 1.29. The Morgan fingerprint density at radius 2 is 2.07 bits per heavy atom. The van der Waals surface area contributed by atoms with E-state index in [1.165, 1.54) is 16.9 Å². The maximum Gasteiger partial charge on any atom is 0.0497 e. The second kappa shape index (κ2) is 3.24. The number of hydrogen-bond donors (Lipinski definition) is 1. The van der Waals surface area contributed by atoms with Crippen LogP contribution >= 0.6 is 0 Å². The Hall–Kier alpha value is -1.54. The molecule has 2 heterocycles. The summed E-state index contributed by atoms with van der Waals surface area (Å²) in [5, 5.41) is 3.52. The summed E-state index contributed by atoms with van der Waals surface area (Å²) in [6, 6.07) is 13.3. The average Bonchev–Trinajstić information content (AvgIpc) is 2.71. The SMILES string of the molecule is C[C@H]1NCc2ccccc2-n2cccc21. The van der Waals surface area contributed by atoms with E-state index in [2.05, 4.69) is 59.4 Å². The van der Waals surface area contributed by atoms with Crippen molar-refractivity contribution in [3.05, 3.63) is 53.9 Å². The number of benzene rings is 1. The molecule has 2 heteroatoms. The van der Waals surface area contributed by atoms with Gasteiger partial charge in [-0.3, -0.25) is 0 Å². The lowest BCUT2D eigenvalue weighted by Crippen LogP contribution is -2.16. The lowest BCUT2D eigenvalue weighted by Gasteiger charge is -2.11. The van der Waals surface area contributed by atoms with E-state index in [-0.39, 0.29) is 0 Å². The third-order valence-corrected chi connectivity index (χ3v) is 3.07. The van der Waals surface area contributed by atoms with Crippen LogP contribution in [0.4, 0.5) is 0 Å². The highest BCUT2D eigenvalue weighted by molar-refractivity contribution is 5.44. The van der Waals surface area contributed by atoms with Crippen LogP contribution in [0.25, 0.3) is 5.69 Å². The first-order valence-electron chi connectivity index (χ1n) is 5.35. The van der Waals surface area contributed by atoms with Gasteiger partial charge in [0, 0.05) is 30.2 Å². The highest BCUT2D eigenvalue weighted by Gasteiger charge is 2.16. The second-order valence-electron chi connectivity index (χ2n) is 4.03. The van der Waals surface area contributed by atoms with E-state index in [0.717, 1.165) is 6.54 Å². The van der Waals surface area contributed by atoms with Crippen LogP contribution in [0.2, 0.25) is 0 Å². The first-order valence-corrected chi connectivity index (χ1v) is 5.35. The van der Waals surface area contributed by atoms with Crippen LogP contribution in [-0.4, -0.2) is 4.57 Å². The molecular weight excluding hydrogens is 184 g/mol. The van der Waals surface area contributed by atoms with Crippen LogP contribution in [0, 0.1) is 0 Å². The topological polar surface area (TPSA) is 17.0 Å². The molecule has 0 radical (unpaired) electrons. The average molecular weight is 198 g/mol. The molecule has 15 heavy (non-hydrogen) atoms. The van der Waals surface area contributed by atoms with Gasteiger partial charge in [-0.1, -0.05) is 18.2 Å². The van der Waals surface area contributed by atoms with Crippen LogP contribution in [0.5, 0.6) is 0 Å². The molecule has 1 atom stereocenters. The molecule has 1 aromatic heterocycles. The van der Waals surface area contributed by atoms with Crippen LogP contribution < -0.4 is 5.32 Å². The Labute approximate surface area is 89.5 Å². The minimum atomic E-state index is 0.410. The van der Waals surface area contributed by atoms with Crippen molar-refractivity contribution in [2.75, 3.05) is 0 Å². The zero-order valence-electron chi connectivity index (χ0n) is 8.77. The van der Waals surface area contributed by atoms with Crippen LogP contribution in [0.3, 0.4) is 0 Å². The zero-order chi connectivity index (χ0) is 10.3. The van der Waals surface area contributed by atoms with E-state index in [9.17, 15) is 0 Å². The van der Waals surface area contributed by atoms with Gasteiger partial charge in [-0.2, -0.15) is 0 Å². The van der Waals surface area contributed by atoms with E-state index < -0.39 is 0 Å². The fraction of sp³-hybridized carbons (Fsp3) is 0.231. The summed E-state index contributed by atoms with van der Waals surface area (Å²) < 4.78 is 2.28. The Morgan fingerprint density at radius 1 is 1.20 bits per heavy atom. The van der Waals surface area contributed by atoms with Crippen molar-refractivity contribution in [1.29, 1.82) is 0 Å². The molecule has 1 aliphatic heterocycles. The molecule has 0 unspecified atom stereocenters. The van der Waals surface area contributed by atoms with Crippen molar-refractivity contribution < 1.29 is 0 Å². The van der Waals surface area contributed by atoms with E-state index in [0.29, 0.717) is 6.04 Å². The van der Waals surface area contributed by atoms with Gasteiger partial charge in [0.1, 0.15) is 0 Å². The Morgan fingerprint density at radius 3 is 3.00 bits per heavy atom. The molecule has 1 aliphatic rings. The van der Waals surface area contributed by atoms with Crippen LogP contribution in [0.1, 0.15) is 24.2 Å². The summed E-state index contributed by atoms with van der Waals surface area (Å²) >= 11 is 0. The molecule has 1 aromatic carbocycles. The van der Waals surface area contributed by atoms with Gasteiger partial charge in [0.2, 0.25) is 0 Å². The number of rotatable bonds is 0. The summed E-state index contributed by atoms with van der Waals surface area (Å²) in [5.74, 6) is 0. The van der Waals surface area contributed by atoms with E-state index in [1.807, 2.05) is 0 Å². The van der Waals surface area contributed by atoms with E-state index in [1.54, 1.807) is 0 Å². The number of para-hydroxylation sites is 1. The fourth-order valence-corrected chi connectivity index (χ4v) is 2.23. The van der Waals surface area contributed by atoms with Gasteiger partial charge in [0.05, 0.1) is 0 Å². The first-order chi connectivity index (χ1) is 7.36. The smallest absolute Gasteiger partial charge is 0.0497 e. The monoisotopic (exact) mass is 198 g/mol. The number of aromatic nitrogens is 1. The number of hydrogen-bond acceptors (Lipinski definition) is 1. The van der Waals surface area contributed by atoms with Gasteiger partial charge < -0.3 is 9.88 Å². The predicted molar refractivity (Wildman–Crippen MR) is 61.0 cm³/mol. The first kappa shape index (κ1) is 8.74. The van der Waals surface area contributed by atoms with Gasteiger partial charge >= 0.3 is 0 Å². The second-order valence-corrected chi connectivity index (χ2v) is 4.03. The van der Waals surface area contributed by atoms with Crippen LogP contribution in [-0.2, 0) is 6.54 Å². The molecule has 0 saturated carbocycles. The summed E-state index contributed by atoms with van der Waals surface area (Å²) in [4.78, 5) is 0. The number of fused-ring (bicyclic) bond motifs is 3. The molecule has 76 valence electrons. The summed E-state index contributed by atoms with van der Waals surface area (Å²) in [7, 11) is 0. The molecule has 0 aliphatic carbocycles. The molecule has 0 amide bonds. The molecule has 2 aromatic rings. The van der Waals surface area contributed by atoms with Gasteiger partial charge in [0.15, 0.2) is 0 Å². The Bertz CT molecular complexity index is 485. The van der Waals surface area contributed by atoms with Gasteiger partial charge in [0.25, 0.3) is 0 Å². The summed E-state index contributed by atoms with van der Waals surface area (Å²) in [6.45, 7) is 3.15. The normalized spacial score (nSPS) is 19.1. The maximum atomic E-state index is 3.52. The quantitative estimate of drug-likeness (QED) is 0.688. The number of nitrogens with one attached hydrogen (secondary N) is 1. The highest BCUT2D eigenvalue weighted by atomic mass is 15.1. The minimum Gasteiger partial charge on any atom is -0.319 e. The summed E-state index contributed by atoms with van der Waals surface area (Å²) in [5.41, 5.74) is 3.99. The lowest BCUT2D eigenvalue weighted by atomic mass is 10.2. The molecule has 3 rings (SSSR count). The third-order valence-electron chi connectivity index (χ3n) is 3.07. The van der Waals surface area contributed by atoms with Crippen molar-refractivity contribution in [1.82, 2.24) is 9.88 Å². The fourth-order valence-electron chi connectivity index (χ4n) is 2.23. The minimum absolute atomic E-state index is 0.410. The molecule has 0 bridgehead atoms. The lowest BCUT2D eigenvalue weighted by molar-refractivity contribution is 0.569. The predicted octanol–water partition coefficient (Wildman–Crippen LogP) is 2.64. The molecule has 1 N–H and O–H groups in total.